The van der Waals surface area contributed by atoms with E-state index in [-0.39, 0.29) is 5.78 Å². The third-order valence-corrected chi connectivity index (χ3v) is 3.22. The van der Waals surface area contributed by atoms with Crippen molar-refractivity contribution in [1.29, 1.82) is 0 Å². The molecule has 0 atom stereocenters. The van der Waals surface area contributed by atoms with Crippen molar-refractivity contribution < 1.29 is 9.21 Å². The fourth-order valence-corrected chi connectivity index (χ4v) is 2.08. The third-order valence-electron chi connectivity index (χ3n) is 2.97. The van der Waals surface area contributed by atoms with E-state index in [1.165, 1.54) is 6.08 Å². The Bertz CT molecular complexity index is 749. The van der Waals surface area contributed by atoms with Gasteiger partial charge in [-0.25, -0.2) is 0 Å². The van der Waals surface area contributed by atoms with Gasteiger partial charge in [-0.3, -0.25) is 4.79 Å². The lowest BCUT2D eigenvalue weighted by molar-refractivity contribution is 0.104. The molecule has 0 aliphatic rings. The number of hydrogen-bond acceptors (Lipinski definition) is 2. The number of fused-ring (bicyclic) bond motifs is 1. The number of para-hydroxylation sites is 1. The summed E-state index contributed by atoms with van der Waals surface area (Å²) in [5.41, 5.74) is 1.41. The predicted molar refractivity (Wildman–Crippen MR) is 81.0 cm³/mol. The number of benzene rings is 2. The van der Waals surface area contributed by atoms with Gasteiger partial charge in [0, 0.05) is 16.0 Å². The standard InChI is InChI=1S/C17H11ClO2/c18-14-7-5-12(6-8-14)16(19)10-9-15-11-13-3-1-2-4-17(13)20-15/h1-11H. The van der Waals surface area contributed by atoms with Crippen LogP contribution in [0.15, 0.2) is 65.1 Å². The van der Waals surface area contributed by atoms with Crippen molar-refractivity contribution in [2.24, 2.45) is 0 Å². The molecule has 0 N–H and O–H groups in total. The highest BCUT2D eigenvalue weighted by molar-refractivity contribution is 6.30. The summed E-state index contributed by atoms with van der Waals surface area (Å²) in [5.74, 6) is 0.579. The Morgan fingerprint density at radius 1 is 1.05 bits per heavy atom. The molecule has 0 aliphatic heterocycles. The van der Waals surface area contributed by atoms with Crippen LogP contribution in [-0.4, -0.2) is 5.78 Å². The zero-order chi connectivity index (χ0) is 13.9. The van der Waals surface area contributed by atoms with Crippen LogP contribution in [0.1, 0.15) is 16.1 Å². The quantitative estimate of drug-likeness (QED) is 0.501. The van der Waals surface area contributed by atoms with Crippen LogP contribution < -0.4 is 0 Å². The van der Waals surface area contributed by atoms with Crippen LogP contribution in [0, 0.1) is 0 Å². The maximum Gasteiger partial charge on any atom is 0.185 e. The van der Waals surface area contributed by atoms with Crippen molar-refractivity contribution >= 4 is 34.4 Å². The Hall–Kier alpha value is -2.32. The molecule has 3 aromatic rings. The van der Waals surface area contributed by atoms with E-state index < -0.39 is 0 Å². The summed E-state index contributed by atoms with van der Waals surface area (Å²) in [5, 5.41) is 1.63. The number of hydrogen-bond donors (Lipinski definition) is 0. The average molecular weight is 283 g/mol. The van der Waals surface area contributed by atoms with Gasteiger partial charge in [-0.1, -0.05) is 29.8 Å². The normalized spacial score (nSPS) is 11.2. The fourth-order valence-electron chi connectivity index (χ4n) is 1.95. The number of ketones is 1. The lowest BCUT2D eigenvalue weighted by atomic mass is 10.1. The second-order valence-electron chi connectivity index (χ2n) is 4.39. The molecule has 2 nitrogen and oxygen atoms in total. The van der Waals surface area contributed by atoms with Gasteiger partial charge in [0.1, 0.15) is 11.3 Å². The highest BCUT2D eigenvalue weighted by Crippen LogP contribution is 2.20. The minimum atomic E-state index is -0.0814. The molecule has 0 saturated carbocycles. The van der Waals surface area contributed by atoms with Gasteiger partial charge in [-0.2, -0.15) is 0 Å². The molecule has 0 bridgehead atoms. The van der Waals surface area contributed by atoms with Crippen LogP contribution in [0.2, 0.25) is 5.02 Å². The molecule has 0 aliphatic carbocycles. The number of halogens is 1. The van der Waals surface area contributed by atoms with Gasteiger partial charge in [0.15, 0.2) is 5.78 Å². The molecule has 1 heterocycles. The molecule has 0 unspecified atom stereocenters. The van der Waals surface area contributed by atoms with E-state index in [2.05, 4.69) is 0 Å². The van der Waals surface area contributed by atoms with Gasteiger partial charge in [0.2, 0.25) is 0 Å². The molecule has 20 heavy (non-hydrogen) atoms. The monoisotopic (exact) mass is 282 g/mol. The summed E-state index contributed by atoms with van der Waals surface area (Å²) in [4.78, 5) is 12.0. The maximum absolute atomic E-state index is 12.0. The number of carbonyl (C=O) groups is 1. The molecular weight excluding hydrogens is 272 g/mol. The van der Waals surface area contributed by atoms with E-state index in [0.29, 0.717) is 16.3 Å². The van der Waals surface area contributed by atoms with Crippen molar-refractivity contribution in [2.45, 2.75) is 0 Å². The summed E-state index contributed by atoms with van der Waals surface area (Å²) in [6.45, 7) is 0. The van der Waals surface area contributed by atoms with Crippen LogP contribution in [0.3, 0.4) is 0 Å². The van der Waals surface area contributed by atoms with Crippen LogP contribution in [0.25, 0.3) is 17.0 Å². The van der Waals surface area contributed by atoms with Crippen molar-refractivity contribution in [2.75, 3.05) is 0 Å². The third kappa shape index (κ3) is 2.65. The summed E-state index contributed by atoms with van der Waals surface area (Å²) in [6, 6.07) is 16.4. The zero-order valence-corrected chi connectivity index (χ0v) is 11.3. The first kappa shape index (κ1) is 12.7. The van der Waals surface area contributed by atoms with Gasteiger partial charge in [-0.05, 0) is 48.6 Å². The second kappa shape index (κ2) is 5.35. The number of allylic oxidation sites excluding steroid dienone is 1. The van der Waals surface area contributed by atoms with E-state index in [4.69, 9.17) is 16.0 Å². The fraction of sp³-hybridized carbons (Fsp3) is 0. The highest BCUT2D eigenvalue weighted by Gasteiger charge is 2.03. The van der Waals surface area contributed by atoms with Crippen LogP contribution in [0.5, 0.6) is 0 Å². The molecule has 0 saturated heterocycles. The predicted octanol–water partition coefficient (Wildman–Crippen LogP) is 4.98. The summed E-state index contributed by atoms with van der Waals surface area (Å²) in [7, 11) is 0. The van der Waals surface area contributed by atoms with Crippen LogP contribution in [-0.2, 0) is 0 Å². The molecule has 3 heteroatoms. The highest BCUT2D eigenvalue weighted by atomic mass is 35.5. The Kier molecular flexibility index (Phi) is 3.40. The molecule has 98 valence electrons. The molecule has 0 radical (unpaired) electrons. The van der Waals surface area contributed by atoms with Gasteiger partial charge >= 0.3 is 0 Å². The first-order valence-electron chi connectivity index (χ1n) is 6.19. The summed E-state index contributed by atoms with van der Waals surface area (Å²) >= 11 is 5.79. The van der Waals surface area contributed by atoms with Crippen LogP contribution >= 0.6 is 11.6 Å². The Morgan fingerprint density at radius 3 is 2.55 bits per heavy atom. The minimum Gasteiger partial charge on any atom is -0.457 e. The average Bonchev–Trinajstić information content (AvgIpc) is 2.88. The molecule has 1 aromatic heterocycles. The van der Waals surface area contributed by atoms with E-state index in [1.54, 1.807) is 30.3 Å². The van der Waals surface area contributed by atoms with Gasteiger partial charge in [0.05, 0.1) is 0 Å². The maximum atomic E-state index is 12.0. The van der Waals surface area contributed by atoms with E-state index in [1.807, 2.05) is 30.3 Å². The Morgan fingerprint density at radius 2 is 1.80 bits per heavy atom. The van der Waals surface area contributed by atoms with Crippen molar-refractivity contribution in [3.05, 3.63) is 77.0 Å². The molecule has 2 aromatic carbocycles. The van der Waals surface area contributed by atoms with Crippen molar-refractivity contribution in [3.8, 4) is 0 Å². The lowest BCUT2D eigenvalue weighted by Gasteiger charge is -1.95. The Balaban J connectivity index is 1.82. The topological polar surface area (TPSA) is 30.2 Å². The minimum absolute atomic E-state index is 0.0814. The smallest absolute Gasteiger partial charge is 0.185 e. The zero-order valence-electron chi connectivity index (χ0n) is 10.5. The largest absolute Gasteiger partial charge is 0.457 e. The van der Waals surface area contributed by atoms with Crippen molar-refractivity contribution in [3.63, 3.8) is 0 Å². The molecular formula is C17H11ClO2. The van der Waals surface area contributed by atoms with Crippen LogP contribution in [0.4, 0.5) is 0 Å². The lowest BCUT2D eigenvalue weighted by Crippen LogP contribution is -1.92. The summed E-state index contributed by atoms with van der Waals surface area (Å²) in [6.07, 6.45) is 3.18. The second-order valence-corrected chi connectivity index (χ2v) is 4.83. The molecule has 3 rings (SSSR count). The van der Waals surface area contributed by atoms with E-state index in [0.717, 1.165) is 11.0 Å². The Labute approximate surface area is 121 Å². The van der Waals surface area contributed by atoms with Crippen molar-refractivity contribution in [1.82, 2.24) is 0 Å². The first-order valence-corrected chi connectivity index (χ1v) is 6.57. The molecule has 0 fully saturated rings. The number of furan rings is 1. The first-order chi connectivity index (χ1) is 9.72. The van der Waals surface area contributed by atoms with Gasteiger partial charge < -0.3 is 4.42 Å². The number of rotatable bonds is 3. The molecule has 0 spiro atoms. The molecule has 0 amide bonds. The van der Waals surface area contributed by atoms with E-state index >= 15 is 0 Å². The SMILES string of the molecule is O=C(C=Cc1cc2ccccc2o1)c1ccc(Cl)cc1. The van der Waals surface area contributed by atoms with Gasteiger partial charge in [0.25, 0.3) is 0 Å². The number of carbonyl (C=O) groups excluding carboxylic acids is 1. The van der Waals surface area contributed by atoms with E-state index in [9.17, 15) is 4.79 Å². The van der Waals surface area contributed by atoms with Gasteiger partial charge in [-0.15, -0.1) is 0 Å². The summed E-state index contributed by atoms with van der Waals surface area (Å²) < 4.78 is 5.61.